The Morgan fingerprint density at radius 3 is 2.55 bits per heavy atom. The van der Waals surface area contributed by atoms with Crippen molar-refractivity contribution in [3.8, 4) is 6.07 Å². The normalized spacial score (nSPS) is 11.6. The van der Waals surface area contributed by atoms with E-state index in [1.165, 1.54) is 22.9 Å². The fourth-order valence-electron chi connectivity index (χ4n) is 2.74. The van der Waals surface area contributed by atoms with Gasteiger partial charge in [-0.15, -0.1) is 0 Å². The average Bonchev–Trinajstić information content (AvgIpc) is 2.66. The number of hydrogen-bond acceptors (Lipinski definition) is 8. The summed E-state index contributed by atoms with van der Waals surface area (Å²) >= 11 is 5.85. The van der Waals surface area contributed by atoms with E-state index in [2.05, 4.69) is 20.3 Å². The van der Waals surface area contributed by atoms with Crippen LogP contribution in [0.1, 0.15) is 25.5 Å². The van der Waals surface area contributed by atoms with E-state index in [4.69, 9.17) is 16.9 Å². The molecule has 0 atom stereocenters. The van der Waals surface area contributed by atoms with Crippen LogP contribution in [0.4, 0.5) is 5.82 Å². The van der Waals surface area contributed by atoms with E-state index < -0.39 is 15.6 Å². The van der Waals surface area contributed by atoms with Crippen molar-refractivity contribution in [2.24, 2.45) is 0 Å². The van der Waals surface area contributed by atoms with Gasteiger partial charge in [-0.2, -0.15) is 10.2 Å². The van der Waals surface area contributed by atoms with Gasteiger partial charge in [-0.25, -0.2) is 18.4 Å². The van der Waals surface area contributed by atoms with Crippen molar-refractivity contribution in [2.45, 2.75) is 31.3 Å². The van der Waals surface area contributed by atoms with Crippen LogP contribution >= 0.6 is 11.6 Å². The van der Waals surface area contributed by atoms with E-state index in [9.17, 15) is 13.2 Å². The summed E-state index contributed by atoms with van der Waals surface area (Å²) in [5, 5.41) is 11.6. The molecule has 11 heteroatoms. The Hall–Kier alpha value is -3.03. The molecule has 0 bridgehead atoms. The Kier molecular flexibility index (Phi) is 5.81. The summed E-state index contributed by atoms with van der Waals surface area (Å²) in [6, 6.07) is 7.55. The van der Waals surface area contributed by atoms with E-state index in [1.54, 1.807) is 18.2 Å². The Morgan fingerprint density at radius 2 is 1.93 bits per heavy atom. The first-order valence-electron chi connectivity index (χ1n) is 8.60. The van der Waals surface area contributed by atoms with Crippen molar-refractivity contribution in [3.05, 3.63) is 51.7 Å². The highest BCUT2D eigenvalue weighted by Crippen LogP contribution is 2.17. The van der Waals surface area contributed by atoms with Gasteiger partial charge in [0.05, 0.1) is 17.2 Å². The zero-order valence-corrected chi connectivity index (χ0v) is 17.2. The SMILES string of the molecule is CC(C)n1c(=O)c(NCc2ccc(S(=O)(=O)CC#N)cc2)nc2cnc(Cl)nc21. The number of hydrogen-bond donors (Lipinski definition) is 1. The van der Waals surface area contributed by atoms with Gasteiger partial charge in [0.1, 0.15) is 11.3 Å². The number of nitriles is 1. The zero-order valence-electron chi connectivity index (χ0n) is 15.6. The number of rotatable bonds is 6. The first kappa shape index (κ1) is 20.7. The maximum Gasteiger partial charge on any atom is 0.295 e. The fourth-order valence-corrected chi connectivity index (χ4v) is 3.76. The van der Waals surface area contributed by atoms with Gasteiger partial charge in [0.15, 0.2) is 21.3 Å². The quantitative estimate of drug-likeness (QED) is 0.587. The van der Waals surface area contributed by atoms with Crippen LogP contribution in [0.2, 0.25) is 5.28 Å². The minimum Gasteiger partial charge on any atom is -0.361 e. The highest BCUT2D eigenvalue weighted by atomic mass is 35.5. The minimum atomic E-state index is -3.62. The van der Waals surface area contributed by atoms with Gasteiger partial charge in [0, 0.05) is 12.6 Å². The Bertz CT molecular complexity index is 1260. The van der Waals surface area contributed by atoms with Crippen LogP contribution in [0.25, 0.3) is 11.2 Å². The van der Waals surface area contributed by atoms with Crippen molar-refractivity contribution < 1.29 is 8.42 Å². The molecule has 0 aliphatic rings. The molecule has 0 spiro atoms. The summed E-state index contributed by atoms with van der Waals surface area (Å²) in [6.45, 7) is 3.95. The minimum absolute atomic E-state index is 0.0280. The molecule has 0 unspecified atom stereocenters. The average molecular weight is 433 g/mol. The van der Waals surface area contributed by atoms with Crippen LogP contribution < -0.4 is 10.9 Å². The zero-order chi connectivity index (χ0) is 21.2. The molecular weight excluding hydrogens is 416 g/mol. The standard InChI is InChI=1S/C18H17ClN6O3S/c1-11(2)25-16-14(10-22-18(19)24-16)23-15(17(25)26)21-9-12-3-5-13(6-4-12)29(27,28)8-7-20/h3-6,10-11H,8-9H2,1-2H3,(H,21,23). The highest BCUT2D eigenvalue weighted by Gasteiger charge is 2.16. The topological polar surface area (TPSA) is 131 Å². The van der Waals surface area contributed by atoms with Crippen LogP contribution in [-0.2, 0) is 16.4 Å². The summed E-state index contributed by atoms with van der Waals surface area (Å²) in [7, 11) is -3.62. The fraction of sp³-hybridized carbons (Fsp3) is 0.278. The summed E-state index contributed by atoms with van der Waals surface area (Å²) in [4.78, 5) is 25.2. The van der Waals surface area contributed by atoms with Crippen molar-refractivity contribution >= 4 is 38.4 Å². The number of nitrogens with one attached hydrogen (secondary N) is 1. The first-order valence-corrected chi connectivity index (χ1v) is 10.6. The number of nitrogens with zero attached hydrogens (tertiary/aromatic N) is 5. The highest BCUT2D eigenvalue weighted by molar-refractivity contribution is 7.91. The second-order valence-electron chi connectivity index (χ2n) is 6.49. The Balaban J connectivity index is 1.90. The second-order valence-corrected chi connectivity index (χ2v) is 8.82. The molecule has 0 aliphatic carbocycles. The molecule has 0 fully saturated rings. The molecule has 1 aromatic carbocycles. The number of aromatic nitrogens is 4. The Labute approximate surface area is 171 Å². The maximum absolute atomic E-state index is 12.8. The summed E-state index contributed by atoms with van der Waals surface area (Å²) < 4.78 is 25.3. The third-order valence-corrected chi connectivity index (χ3v) is 5.80. The molecule has 0 radical (unpaired) electrons. The van der Waals surface area contributed by atoms with E-state index >= 15 is 0 Å². The van der Waals surface area contributed by atoms with Gasteiger partial charge in [-0.1, -0.05) is 12.1 Å². The smallest absolute Gasteiger partial charge is 0.295 e. The molecule has 3 aromatic rings. The number of fused-ring (bicyclic) bond motifs is 1. The lowest BCUT2D eigenvalue weighted by molar-refractivity contribution is 0.593. The van der Waals surface area contributed by atoms with Crippen LogP contribution in [0, 0.1) is 11.3 Å². The Morgan fingerprint density at radius 1 is 1.24 bits per heavy atom. The van der Waals surface area contributed by atoms with E-state index in [0.29, 0.717) is 11.2 Å². The molecule has 2 aromatic heterocycles. The van der Waals surface area contributed by atoms with Gasteiger partial charge in [0.2, 0.25) is 5.28 Å². The monoisotopic (exact) mass is 432 g/mol. The second kappa shape index (κ2) is 8.14. The predicted molar refractivity (Wildman–Crippen MR) is 108 cm³/mol. The van der Waals surface area contributed by atoms with Gasteiger partial charge in [0.25, 0.3) is 5.56 Å². The molecule has 0 saturated heterocycles. The largest absolute Gasteiger partial charge is 0.361 e. The lowest BCUT2D eigenvalue weighted by Crippen LogP contribution is -2.27. The summed E-state index contributed by atoms with van der Waals surface area (Å²) in [5.41, 5.74) is 1.16. The van der Waals surface area contributed by atoms with Crippen LogP contribution in [0.5, 0.6) is 0 Å². The molecule has 2 heterocycles. The van der Waals surface area contributed by atoms with E-state index in [0.717, 1.165) is 5.56 Å². The van der Waals surface area contributed by atoms with Crippen LogP contribution in [0.15, 0.2) is 40.2 Å². The summed E-state index contributed by atoms with van der Waals surface area (Å²) in [5.74, 6) is -0.454. The van der Waals surface area contributed by atoms with Crippen LogP contribution in [-0.4, -0.2) is 33.7 Å². The number of benzene rings is 1. The summed E-state index contributed by atoms with van der Waals surface area (Å²) in [6.07, 6.45) is 1.45. The molecule has 0 amide bonds. The number of anilines is 1. The lowest BCUT2D eigenvalue weighted by atomic mass is 10.2. The van der Waals surface area contributed by atoms with Gasteiger partial charge in [-0.3, -0.25) is 9.36 Å². The van der Waals surface area contributed by atoms with Crippen molar-refractivity contribution in [1.82, 2.24) is 19.5 Å². The molecule has 3 rings (SSSR count). The molecule has 0 aliphatic heterocycles. The predicted octanol–water partition coefficient (Wildman–Crippen LogP) is 2.33. The number of halogens is 1. The van der Waals surface area contributed by atoms with Crippen molar-refractivity contribution in [3.63, 3.8) is 0 Å². The maximum atomic E-state index is 12.8. The lowest BCUT2D eigenvalue weighted by Gasteiger charge is -2.15. The number of sulfone groups is 1. The van der Waals surface area contributed by atoms with E-state index in [-0.39, 0.29) is 34.1 Å². The molecule has 9 nitrogen and oxygen atoms in total. The van der Waals surface area contributed by atoms with E-state index in [1.807, 2.05) is 13.8 Å². The van der Waals surface area contributed by atoms with Crippen LogP contribution in [0.3, 0.4) is 0 Å². The molecule has 29 heavy (non-hydrogen) atoms. The molecule has 0 saturated carbocycles. The molecule has 1 N–H and O–H groups in total. The van der Waals surface area contributed by atoms with Crippen molar-refractivity contribution in [1.29, 1.82) is 5.26 Å². The molecule has 150 valence electrons. The van der Waals surface area contributed by atoms with Gasteiger partial charge in [-0.05, 0) is 43.1 Å². The van der Waals surface area contributed by atoms with Gasteiger partial charge >= 0.3 is 0 Å². The molecular formula is C18H17ClN6O3S. The third-order valence-electron chi connectivity index (χ3n) is 4.12. The third kappa shape index (κ3) is 4.36. The van der Waals surface area contributed by atoms with Crippen molar-refractivity contribution in [2.75, 3.05) is 11.1 Å². The first-order chi connectivity index (χ1) is 13.7. The van der Waals surface area contributed by atoms with Gasteiger partial charge < -0.3 is 5.32 Å².